The van der Waals surface area contributed by atoms with Gasteiger partial charge in [-0.3, -0.25) is 0 Å². The molecule has 3 aromatic rings. The second kappa shape index (κ2) is 8.84. The lowest BCUT2D eigenvalue weighted by atomic mass is 9.95. The summed E-state index contributed by atoms with van der Waals surface area (Å²) in [4.78, 5) is 45.6. The monoisotopic (exact) mass is 436 g/mol. The number of rotatable bonds is 6. The van der Waals surface area contributed by atoms with Crippen LogP contribution in [0.5, 0.6) is 0 Å². The van der Waals surface area contributed by atoms with Crippen molar-refractivity contribution < 1.29 is 23.9 Å². The molecule has 1 atom stereocenters. The molecule has 2 aromatic heterocycles. The molecule has 0 saturated carbocycles. The first-order chi connectivity index (χ1) is 15.5. The van der Waals surface area contributed by atoms with Crippen LogP contribution in [0.15, 0.2) is 53.9 Å². The summed E-state index contributed by atoms with van der Waals surface area (Å²) in [6.07, 6.45) is 1.55. The van der Waals surface area contributed by atoms with Crippen LogP contribution in [0.1, 0.15) is 34.8 Å². The third-order valence-electron chi connectivity index (χ3n) is 4.74. The highest BCUT2D eigenvalue weighted by Crippen LogP contribution is 2.27. The zero-order valence-corrected chi connectivity index (χ0v) is 17.4. The lowest BCUT2D eigenvalue weighted by molar-refractivity contribution is -0.139. The second-order valence-corrected chi connectivity index (χ2v) is 6.86. The van der Waals surface area contributed by atoms with Crippen molar-refractivity contribution in [2.24, 2.45) is 0 Å². The van der Waals surface area contributed by atoms with Gasteiger partial charge in [-0.2, -0.15) is 4.98 Å². The third kappa shape index (κ3) is 4.13. The smallest absolute Gasteiger partial charge is 0.378 e. The lowest BCUT2D eigenvalue weighted by Gasteiger charge is -2.29. The van der Waals surface area contributed by atoms with Crippen molar-refractivity contribution in [2.45, 2.75) is 19.9 Å². The molecule has 1 aliphatic rings. The number of hydrogen-bond donors (Lipinski definition) is 2. The van der Waals surface area contributed by atoms with Gasteiger partial charge >= 0.3 is 18.0 Å². The SMILES string of the molecule is CCOC(=O)C1=C(COC(=O)c2nc3nccc(C)n3n2)NC(=O)N[C@@H]1c1ccccc1. The number of urea groups is 1. The summed E-state index contributed by atoms with van der Waals surface area (Å²) >= 11 is 0. The van der Waals surface area contributed by atoms with E-state index in [1.807, 2.05) is 6.07 Å². The van der Waals surface area contributed by atoms with Gasteiger partial charge in [0.05, 0.1) is 23.9 Å². The van der Waals surface area contributed by atoms with Crippen LogP contribution in [0.4, 0.5) is 4.79 Å². The summed E-state index contributed by atoms with van der Waals surface area (Å²) in [5.74, 6) is -1.40. The van der Waals surface area contributed by atoms with Gasteiger partial charge in [0.2, 0.25) is 0 Å². The molecule has 2 amide bonds. The van der Waals surface area contributed by atoms with Crippen LogP contribution < -0.4 is 10.6 Å². The number of benzene rings is 1. The fourth-order valence-electron chi connectivity index (χ4n) is 3.27. The van der Waals surface area contributed by atoms with E-state index in [-0.39, 0.29) is 36.1 Å². The largest absolute Gasteiger partial charge is 0.463 e. The van der Waals surface area contributed by atoms with E-state index in [0.29, 0.717) is 5.56 Å². The molecule has 11 nitrogen and oxygen atoms in total. The zero-order valence-electron chi connectivity index (χ0n) is 17.4. The van der Waals surface area contributed by atoms with Gasteiger partial charge in [-0.15, -0.1) is 5.10 Å². The van der Waals surface area contributed by atoms with Crippen LogP contribution >= 0.6 is 0 Å². The molecule has 32 heavy (non-hydrogen) atoms. The van der Waals surface area contributed by atoms with Gasteiger partial charge in [-0.1, -0.05) is 30.3 Å². The second-order valence-electron chi connectivity index (χ2n) is 6.86. The third-order valence-corrected chi connectivity index (χ3v) is 4.74. The summed E-state index contributed by atoms with van der Waals surface area (Å²) in [6.45, 7) is 3.23. The number of nitrogens with zero attached hydrogens (tertiary/aromatic N) is 4. The number of esters is 2. The summed E-state index contributed by atoms with van der Waals surface area (Å²) < 4.78 is 11.9. The number of amides is 2. The van der Waals surface area contributed by atoms with E-state index in [4.69, 9.17) is 9.47 Å². The molecule has 0 fully saturated rings. The number of hydrogen-bond acceptors (Lipinski definition) is 8. The Hall–Kier alpha value is -4.28. The summed E-state index contributed by atoms with van der Waals surface area (Å²) in [6, 6.07) is 9.36. The Kier molecular flexibility index (Phi) is 5.79. The zero-order chi connectivity index (χ0) is 22.7. The molecular weight excluding hydrogens is 416 g/mol. The highest BCUT2D eigenvalue weighted by atomic mass is 16.5. The maximum Gasteiger partial charge on any atom is 0.378 e. The lowest BCUT2D eigenvalue weighted by Crippen LogP contribution is -2.47. The molecule has 1 aromatic carbocycles. The summed E-state index contributed by atoms with van der Waals surface area (Å²) in [5.41, 5.74) is 1.68. The van der Waals surface area contributed by atoms with Crippen molar-refractivity contribution in [3.05, 3.63) is 70.9 Å². The van der Waals surface area contributed by atoms with E-state index < -0.39 is 24.0 Å². The average Bonchev–Trinajstić information content (AvgIpc) is 3.24. The fraction of sp³-hybridized carbons (Fsp3) is 0.238. The molecule has 0 saturated heterocycles. The van der Waals surface area contributed by atoms with Gasteiger partial charge in [-0.25, -0.2) is 23.9 Å². The normalized spacial score (nSPS) is 15.8. The average molecular weight is 436 g/mol. The molecular formula is C21H20N6O5. The Morgan fingerprint density at radius 2 is 1.91 bits per heavy atom. The summed E-state index contributed by atoms with van der Waals surface area (Å²) in [5, 5.41) is 9.35. The minimum Gasteiger partial charge on any atom is -0.463 e. The fourth-order valence-corrected chi connectivity index (χ4v) is 3.27. The quantitative estimate of drug-likeness (QED) is 0.554. The van der Waals surface area contributed by atoms with Crippen molar-refractivity contribution >= 4 is 23.7 Å². The molecule has 11 heteroatoms. The number of aryl methyl sites for hydroxylation is 1. The maximum absolute atomic E-state index is 12.7. The molecule has 0 bridgehead atoms. The number of nitrogens with one attached hydrogen (secondary N) is 2. The Bertz CT molecular complexity index is 1220. The molecule has 4 rings (SSSR count). The molecule has 0 spiro atoms. The first-order valence-electron chi connectivity index (χ1n) is 9.86. The number of fused-ring (bicyclic) bond motifs is 1. The van der Waals surface area contributed by atoms with E-state index in [1.165, 1.54) is 4.52 Å². The molecule has 3 heterocycles. The predicted molar refractivity (Wildman–Crippen MR) is 110 cm³/mol. The standard InChI is InChI=1S/C21H20N6O5/c1-3-31-18(28)15-14(23-21(30)24-16(15)13-7-5-4-6-8-13)11-32-19(29)17-25-20-22-10-9-12(2)27(20)26-17/h4-10,16H,3,11H2,1-2H3,(H2,23,24,30)/t16-/m1/s1. The first kappa shape index (κ1) is 21.0. The van der Waals surface area contributed by atoms with Crippen LogP contribution in [0.3, 0.4) is 0 Å². The van der Waals surface area contributed by atoms with Gasteiger partial charge < -0.3 is 20.1 Å². The van der Waals surface area contributed by atoms with Crippen LogP contribution in [-0.2, 0) is 14.3 Å². The van der Waals surface area contributed by atoms with Crippen LogP contribution in [-0.4, -0.2) is 50.8 Å². The van der Waals surface area contributed by atoms with Crippen molar-refractivity contribution in [1.82, 2.24) is 30.2 Å². The van der Waals surface area contributed by atoms with Crippen LogP contribution in [0.25, 0.3) is 5.78 Å². The van der Waals surface area contributed by atoms with E-state index in [2.05, 4.69) is 25.7 Å². The predicted octanol–water partition coefficient (Wildman–Crippen LogP) is 1.46. The molecule has 164 valence electrons. The van der Waals surface area contributed by atoms with Crippen LogP contribution in [0.2, 0.25) is 0 Å². The Morgan fingerprint density at radius 1 is 1.12 bits per heavy atom. The topological polar surface area (TPSA) is 137 Å². The van der Waals surface area contributed by atoms with E-state index in [0.717, 1.165) is 5.69 Å². The van der Waals surface area contributed by atoms with Crippen molar-refractivity contribution in [1.29, 1.82) is 0 Å². The number of aromatic nitrogens is 4. The Balaban J connectivity index is 1.63. The molecule has 0 radical (unpaired) electrons. The van der Waals surface area contributed by atoms with Crippen LogP contribution in [0, 0.1) is 6.92 Å². The van der Waals surface area contributed by atoms with E-state index in [1.54, 1.807) is 50.4 Å². The maximum atomic E-state index is 12.7. The molecule has 0 unspecified atom stereocenters. The van der Waals surface area contributed by atoms with Crippen molar-refractivity contribution in [3.8, 4) is 0 Å². The van der Waals surface area contributed by atoms with E-state index in [9.17, 15) is 14.4 Å². The van der Waals surface area contributed by atoms with Crippen molar-refractivity contribution in [3.63, 3.8) is 0 Å². The van der Waals surface area contributed by atoms with E-state index >= 15 is 0 Å². The van der Waals surface area contributed by atoms with Gasteiger partial charge in [0.1, 0.15) is 6.61 Å². The van der Waals surface area contributed by atoms with Gasteiger partial charge in [0, 0.05) is 11.9 Å². The van der Waals surface area contributed by atoms with Gasteiger partial charge in [0.25, 0.3) is 11.6 Å². The molecule has 1 aliphatic heterocycles. The number of carbonyl (C=O) groups is 3. The van der Waals surface area contributed by atoms with Crippen molar-refractivity contribution in [2.75, 3.05) is 13.2 Å². The molecule has 0 aliphatic carbocycles. The number of ether oxygens (including phenoxy) is 2. The minimum absolute atomic E-state index is 0.118. The Labute approximate surface area is 182 Å². The minimum atomic E-state index is -0.824. The number of carbonyl (C=O) groups excluding carboxylic acids is 3. The Morgan fingerprint density at radius 3 is 2.62 bits per heavy atom. The first-order valence-corrected chi connectivity index (χ1v) is 9.86. The highest BCUT2D eigenvalue weighted by molar-refractivity contribution is 5.95. The molecule has 2 N–H and O–H groups in total. The van der Waals surface area contributed by atoms with Gasteiger partial charge in [0.15, 0.2) is 0 Å². The van der Waals surface area contributed by atoms with Gasteiger partial charge in [-0.05, 0) is 25.5 Å². The highest BCUT2D eigenvalue weighted by Gasteiger charge is 2.34. The summed E-state index contributed by atoms with van der Waals surface area (Å²) in [7, 11) is 0.